The number of ether oxygens (including phenoxy) is 2. The Morgan fingerprint density at radius 1 is 0.909 bits per heavy atom. The van der Waals surface area contributed by atoms with Crippen molar-refractivity contribution in [2.24, 2.45) is 0 Å². The summed E-state index contributed by atoms with van der Waals surface area (Å²) in [7, 11) is 1.38. The maximum absolute atomic E-state index is 11.3. The molecular weight excluding hydrogens is 300 g/mol. The number of alkyl halides is 1. The quantitative estimate of drug-likeness (QED) is 0.300. The van der Waals surface area contributed by atoms with Crippen molar-refractivity contribution in [1.29, 1.82) is 0 Å². The molecule has 0 fully saturated rings. The largest absolute Gasteiger partial charge is 0.494 e. The van der Waals surface area contributed by atoms with Crippen LogP contribution in [-0.4, -0.2) is 25.6 Å². The van der Waals surface area contributed by atoms with Crippen LogP contribution in [0.1, 0.15) is 61.7 Å². The second-order valence-electron chi connectivity index (χ2n) is 5.38. The lowest BCUT2D eigenvalue weighted by Gasteiger charge is -2.07. The minimum absolute atomic E-state index is 0.322. The Hall–Kier alpha value is -1.22. The van der Waals surface area contributed by atoms with Gasteiger partial charge in [-0.2, -0.15) is 0 Å². The Morgan fingerprint density at radius 3 is 2.00 bits per heavy atom. The maximum Gasteiger partial charge on any atom is 0.337 e. The van der Waals surface area contributed by atoms with E-state index in [9.17, 15) is 4.79 Å². The highest BCUT2D eigenvalue weighted by atomic mass is 35.5. The van der Waals surface area contributed by atoms with Gasteiger partial charge in [-0.05, 0) is 37.1 Å². The summed E-state index contributed by atoms with van der Waals surface area (Å²) in [4.78, 5) is 11.3. The van der Waals surface area contributed by atoms with Crippen LogP contribution in [0, 0.1) is 0 Å². The van der Waals surface area contributed by atoms with Gasteiger partial charge in [0, 0.05) is 5.88 Å². The molecular formula is C18H27ClO3. The molecule has 0 aliphatic rings. The zero-order valence-corrected chi connectivity index (χ0v) is 14.2. The lowest BCUT2D eigenvalue weighted by Crippen LogP contribution is -2.01. The molecule has 0 unspecified atom stereocenters. The summed E-state index contributed by atoms with van der Waals surface area (Å²) in [5, 5.41) is 0. The van der Waals surface area contributed by atoms with Gasteiger partial charge in [0.25, 0.3) is 0 Å². The van der Waals surface area contributed by atoms with E-state index in [2.05, 4.69) is 4.74 Å². The molecule has 1 rings (SSSR count). The minimum atomic E-state index is -0.322. The molecule has 0 saturated carbocycles. The number of carbonyl (C=O) groups excluding carboxylic acids is 1. The highest BCUT2D eigenvalue weighted by Gasteiger charge is 2.04. The van der Waals surface area contributed by atoms with Gasteiger partial charge in [-0.3, -0.25) is 0 Å². The van der Waals surface area contributed by atoms with E-state index >= 15 is 0 Å². The second-order valence-corrected chi connectivity index (χ2v) is 5.76. The zero-order chi connectivity index (χ0) is 16.0. The standard InChI is InChI=1S/C18H27ClO3/c1-21-18(20)16-10-12-17(13-11-16)22-15-9-7-5-3-2-4-6-8-14-19/h10-13H,2-9,14-15H2,1H3. The molecule has 0 radical (unpaired) electrons. The van der Waals surface area contributed by atoms with Crippen LogP contribution in [0.3, 0.4) is 0 Å². The summed E-state index contributed by atoms with van der Waals surface area (Å²) in [6.07, 6.45) is 9.86. The predicted octanol–water partition coefficient (Wildman–Crippen LogP) is 5.21. The fourth-order valence-electron chi connectivity index (χ4n) is 2.25. The third-order valence-electron chi connectivity index (χ3n) is 3.57. The van der Waals surface area contributed by atoms with Crippen molar-refractivity contribution < 1.29 is 14.3 Å². The van der Waals surface area contributed by atoms with E-state index < -0.39 is 0 Å². The number of carbonyl (C=O) groups is 1. The van der Waals surface area contributed by atoms with Crippen LogP contribution >= 0.6 is 11.6 Å². The molecule has 1 aromatic carbocycles. The molecule has 0 N–H and O–H groups in total. The second kappa shape index (κ2) is 12.3. The van der Waals surface area contributed by atoms with E-state index in [1.54, 1.807) is 12.1 Å². The van der Waals surface area contributed by atoms with Gasteiger partial charge < -0.3 is 9.47 Å². The van der Waals surface area contributed by atoms with Gasteiger partial charge in [-0.25, -0.2) is 4.79 Å². The normalized spacial score (nSPS) is 10.5. The molecule has 0 aliphatic carbocycles. The van der Waals surface area contributed by atoms with Gasteiger partial charge in [-0.1, -0.05) is 38.5 Å². The Bertz CT molecular complexity index is 403. The first kappa shape index (κ1) is 18.8. The number of methoxy groups -OCH3 is 1. The summed E-state index contributed by atoms with van der Waals surface area (Å²) in [6.45, 7) is 0.726. The maximum atomic E-state index is 11.3. The molecule has 0 bridgehead atoms. The number of benzene rings is 1. The Kier molecular flexibility index (Phi) is 10.6. The molecule has 0 aliphatic heterocycles. The molecule has 4 heteroatoms. The van der Waals surface area contributed by atoms with Crippen molar-refractivity contribution in [2.75, 3.05) is 19.6 Å². The molecule has 124 valence electrons. The molecule has 3 nitrogen and oxygen atoms in total. The van der Waals surface area contributed by atoms with Crippen LogP contribution in [0.25, 0.3) is 0 Å². The van der Waals surface area contributed by atoms with Gasteiger partial charge >= 0.3 is 5.97 Å². The third kappa shape index (κ3) is 8.28. The number of halogens is 1. The van der Waals surface area contributed by atoms with Crippen molar-refractivity contribution in [3.63, 3.8) is 0 Å². The number of hydrogen-bond acceptors (Lipinski definition) is 3. The number of esters is 1. The van der Waals surface area contributed by atoms with Crippen molar-refractivity contribution in [1.82, 2.24) is 0 Å². The first-order valence-electron chi connectivity index (χ1n) is 8.15. The lowest BCUT2D eigenvalue weighted by atomic mass is 10.1. The molecule has 0 spiro atoms. The average molecular weight is 327 g/mol. The lowest BCUT2D eigenvalue weighted by molar-refractivity contribution is 0.0600. The SMILES string of the molecule is COC(=O)c1ccc(OCCCCCCCCCCCl)cc1. The van der Waals surface area contributed by atoms with Crippen LogP contribution < -0.4 is 4.74 Å². The zero-order valence-electron chi connectivity index (χ0n) is 13.5. The summed E-state index contributed by atoms with van der Waals surface area (Å²) in [5.74, 6) is 1.27. The number of hydrogen-bond donors (Lipinski definition) is 0. The number of rotatable bonds is 12. The summed E-state index contributed by atoms with van der Waals surface area (Å²) >= 11 is 5.64. The Balaban J connectivity index is 2.01. The van der Waals surface area contributed by atoms with E-state index in [0.717, 1.165) is 31.1 Å². The summed E-state index contributed by atoms with van der Waals surface area (Å²) < 4.78 is 10.3. The van der Waals surface area contributed by atoms with E-state index in [0.29, 0.717) is 5.56 Å². The van der Waals surface area contributed by atoms with E-state index in [1.165, 1.54) is 45.6 Å². The molecule has 0 heterocycles. The Labute approximate surface area is 139 Å². The van der Waals surface area contributed by atoms with Crippen molar-refractivity contribution >= 4 is 17.6 Å². The fourth-order valence-corrected chi connectivity index (χ4v) is 2.44. The van der Waals surface area contributed by atoms with Crippen molar-refractivity contribution in [3.05, 3.63) is 29.8 Å². The first-order valence-corrected chi connectivity index (χ1v) is 8.68. The number of unbranched alkanes of at least 4 members (excludes halogenated alkanes) is 7. The monoisotopic (exact) mass is 326 g/mol. The van der Waals surface area contributed by atoms with E-state index in [4.69, 9.17) is 16.3 Å². The van der Waals surface area contributed by atoms with E-state index in [1.807, 2.05) is 12.1 Å². The van der Waals surface area contributed by atoms with Crippen LogP contribution in [-0.2, 0) is 4.74 Å². The van der Waals surface area contributed by atoms with Crippen LogP contribution in [0.4, 0.5) is 0 Å². The van der Waals surface area contributed by atoms with Gasteiger partial charge in [0.15, 0.2) is 0 Å². The topological polar surface area (TPSA) is 35.5 Å². The molecule has 0 atom stereocenters. The molecule has 22 heavy (non-hydrogen) atoms. The highest BCUT2D eigenvalue weighted by Crippen LogP contribution is 2.14. The Morgan fingerprint density at radius 2 is 1.45 bits per heavy atom. The molecule has 1 aromatic rings. The van der Waals surface area contributed by atoms with Crippen LogP contribution in [0.5, 0.6) is 5.75 Å². The van der Waals surface area contributed by atoms with Crippen molar-refractivity contribution in [3.8, 4) is 5.75 Å². The van der Waals surface area contributed by atoms with Crippen LogP contribution in [0.2, 0.25) is 0 Å². The smallest absolute Gasteiger partial charge is 0.337 e. The third-order valence-corrected chi connectivity index (χ3v) is 3.84. The predicted molar refractivity (Wildman–Crippen MR) is 90.9 cm³/mol. The van der Waals surface area contributed by atoms with E-state index in [-0.39, 0.29) is 5.97 Å². The molecule has 0 aromatic heterocycles. The average Bonchev–Trinajstić information content (AvgIpc) is 2.56. The van der Waals surface area contributed by atoms with Gasteiger partial charge in [-0.15, -0.1) is 11.6 Å². The van der Waals surface area contributed by atoms with Gasteiger partial charge in [0.1, 0.15) is 5.75 Å². The first-order chi connectivity index (χ1) is 10.8. The highest BCUT2D eigenvalue weighted by molar-refractivity contribution is 6.17. The summed E-state index contributed by atoms with van der Waals surface area (Å²) in [6, 6.07) is 7.07. The van der Waals surface area contributed by atoms with Crippen molar-refractivity contribution in [2.45, 2.75) is 51.4 Å². The summed E-state index contributed by atoms with van der Waals surface area (Å²) in [5.41, 5.74) is 0.545. The fraction of sp³-hybridized carbons (Fsp3) is 0.611. The van der Waals surface area contributed by atoms with Crippen LogP contribution in [0.15, 0.2) is 24.3 Å². The van der Waals surface area contributed by atoms with Gasteiger partial charge in [0.2, 0.25) is 0 Å². The minimum Gasteiger partial charge on any atom is -0.494 e. The van der Waals surface area contributed by atoms with Gasteiger partial charge in [0.05, 0.1) is 19.3 Å². The molecule has 0 amide bonds. The molecule has 0 saturated heterocycles.